The van der Waals surface area contributed by atoms with Crippen molar-refractivity contribution < 1.29 is 0 Å². The van der Waals surface area contributed by atoms with Gasteiger partial charge in [0, 0.05) is 17.3 Å². The molecule has 2 rings (SSSR count). The molecule has 0 atom stereocenters. The SMILES string of the molecule is NC1=NCCS1.c1cscn1. The molecule has 1 aromatic heterocycles. The van der Waals surface area contributed by atoms with Crippen LogP contribution in [0.15, 0.2) is 22.1 Å². The molecule has 1 aromatic rings. The Balaban J connectivity index is 0.000000112. The number of nitrogens with two attached hydrogens (primary N) is 1. The van der Waals surface area contributed by atoms with Crippen molar-refractivity contribution in [2.75, 3.05) is 12.3 Å². The highest BCUT2D eigenvalue weighted by atomic mass is 32.2. The van der Waals surface area contributed by atoms with E-state index in [0.717, 1.165) is 17.5 Å². The van der Waals surface area contributed by atoms with Gasteiger partial charge in [0.2, 0.25) is 0 Å². The van der Waals surface area contributed by atoms with E-state index < -0.39 is 0 Å². The third kappa shape index (κ3) is 4.00. The number of hydrogen-bond acceptors (Lipinski definition) is 5. The van der Waals surface area contributed by atoms with Crippen molar-refractivity contribution in [2.45, 2.75) is 0 Å². The number of aliphatic imine (C=N–C) groups is 1. The molecule has 0 bridgehead atoms. The van der Waals surface area contributed by atoms with Gasteiger partial charge in [-0.1, -0.05) is 11.8 Å². The fraction of sp³-hybridized carbons (Fsp3) is 0.333. The normalized spacial score (nSPS) is 15.1. The monoisotopic (exact) mass is 187 g/mol. The van der Waals surface area contributed by atoms with Gasteiger partial charge in [-0.15, -0.1) is 11.3 Å². The molecule has 0 spiro atoms. The third-order valence-electron chi connectivity index (χ3n) is 0.956. The molecule has 0 saturated carbocycles. The summed E-state index contributed by atoms with van der Waals surface area (Å²) in [4.78, 5) is 7.63. The molecule has 0 aliphatic carbocycles. The van der Waals surface area contributed by atoms with Gasteiger partial charge in [-0.25, -0.2) is 0 Å². The predicted molar refractivity (Wildman–Crippen MR) is 51.1 cm³/mol. The molecule has 0 saturated heterocycles. The molecule has 11 heavy (non-hydrogen) atoms. The maximum Gasteiger partial charge on any atom is 0.153 e. The van der Waals surface area contributed by atoms with E-state index in [9.17, 15) is 0 Å². The second-order valence-electron chi connectivity index (χ2n) is 1.74. The van der Waals surface area contributed by atoms with Gasteiger partial charge >= 0.3 is 0 Å². The molecule has 5 heteroatoms. The lowest BCUT2D eigenvalue weighted by Gasteiger charge is -1.78. The summed E-state index contributed by atoms with van der Waals surface area (Å²) in [5.74, 6) is 1.08. The van der Waals surface area contributed by atoms with E-state index in [1.165, 1.54) is 0 Å². The molecular weight excluding hydrogens is 178 g/mol. The van der Waals surface area contributed by atoms with E-state index >= 15 is 0 Å². The number of thioether (sulfide) groups is 1. The Morgan fingerprint density at radius 2 is 2.45 bits per heavy atom. The first-order valence-corrected chi connectivity index (χ1v) is 5.07. The van der Waals surface area contributed by atoms with Crippen LogP contribution in [0.4, 0.5) is 0 Å². The van der Waals surface area contributed by atoms with Crippen molar-refractivity contribution in [2.24, 2.45) is 10.7 Å². The fourth-order valence-corrected chi connectivity index (χ4v) is 1.45. The third-order valence-corrected chi connectivity index (χ3v) is 2.29. The van der Waals surface area contributed by atoms with Crippen molar-refractivity contribution in [3.8, 4) is 0 Å². The molecule has 1 aliphatic heterocycles. The zero-order valence-corrected chi connectivity index (χ0v) is 7.57. The minimum Gasteiger partial charge on any atom is -0.379 e. The van der Waals surface area contributed by atoms with Gasteiger partial charge in [-0.2, -0.15) is 0 Å². The topological polar surface area (TPSA) is 51.3 Å². The van der Waals surface area contributed by atoms with Crippen LogP contribution >= 0.6 is 23.1 Å². The summed E-state index contributed by atoms with van der Waals surface area (Å²) in [6.07, 6.45) is 1.77. The van der Waals surface area contributed by atoms with Crippen LogP contribution in [0.2, 0.25) is 0 Å². The van der Waals surface area contributed by atoms with E-state index in [0.29, 0.717) is 0 Å². The zero-order valence-electron chi connectivity index (χ0n) is 5.93. The second kappa shape index (κ2) is 5.15. The summed E-state index contributed by atoms with van der Waals surface area (Å²) in [7, 11) is 0. The first-order chi connectivity index (χ1) is 5.39. The predicted octanol–water partition coefficient (Wildman–Crippen LogP) is 1.19. The van der Waals surface area contributed by atoms with Crippen LogP contribution in [0.1, 0.15) is 0 Å². The number of amidine groups is 1. The Morgan fingerprint density at radius 1 is 1.55 bits per heavy atom. The highest BCUT2D eigenvalue weighted by Crippen LogP contribution is 2.05. The maximum atomic E-state index is 5.25. The first kappa shape index (κ1) is 8.55. The van der Waals surface area contributed by atoms with E-state index in [4.69, 9.17) is 5.73 Å². The summed E-state index contributed by atoms with van der Waals surface area (Å²) in [5.41, 5.74) is 7.04. The molecule has 1 aliphatic rings. The van der Waals surface area contributed by atoms with Crippen molar-refractivity contribution in [3.63, 3.8) is 0 Å². The van der Waals surface area contributed by atoms with Crippen LogP contribution < -0.4 is 5.73 Å². The van der Waals surface area contributed by atoms with Crippen molar-refractivity contribution in [3.05, 3.63) is 17.1 Å². The highest BCUT2D eigenvalue weighted by Gasteiger charge is 1.98. The van der Waals surface area contributed by atoms with Crippen molar-refractivity contribution in [1.82, 2.24) is 4.98 Å². The van der Waals surface area contributed by atoms with Crippen LogP contribution in [0.25, 0.3) is 0 Å². The Labute approximate surface area is 73.7 Å². The molecular formula is C6H9N3S2. The van der Waals surface area contributed by atoms with Crippen LogP contribution in [0, 0.1) is 0 Å². The van der Waals surface area contributed by atoms with E-state index in [-0.39, 0.29) is 0 Å². The van der Waals surface area contributed by atoms with Crippen LogP contribution in [0.3, 0.4) is 0 Å². The summed E-state index contributed by atoms with van der Waals surface area (Å²) >= 11 is 3.23. The molecule has 60 valence electrons. The summed E-state index contributed by atoms with van der Waals surface area (Å²) in [5, 5.41) is 2.68. The smallest absolute Gasteiger partial charge is 0.153 e. The Morgan fingerprint density at radius 3 is 2.64 bits per heavy atom. The molecule has 0 aromatic carbocycles. The molecule has 2 N–H and O–H groups in total. The summed E-state index contributed by atoms with van der Waals surface area (Å²) < 4.78 is 0. The quantitative estimate of drug-likeness (QED) is 0.663. The average molecular weight is 187 g/mol. The Kier molecular flexibility index (Phi) is 4.00. The molecule has 2 heterocycles. The molecule has 3 nitrogen and oxygen atoms in total. The number of aromatic nitrogens is 1. The Hall–Kier alpha value is -0.550. The lowest BCUT2D eigenvalue weighted by Crippen LogP contribution is -2.00. The number of thiazole rings is 1. The summed E-state index contributed by atoms with van der Waals surface area (Å²) in [6, 6.07) is 0. The van der Waals surface area contributed by atoms with Crippen LogP contribution in [0.5, 0.6) is 0 Å². The highest BCUT2D eigenvalue weighted by molar-refractivity contribution is 8.14. The minimum atomic E-state index is 0.745. The van der Waals surface area contributed by atoms with Gasteiger partial charge in [-0.05, 0) is 0 Å². The van der Waals surface area contributed by atoms with Crippen molar-refractivity contribution >= 4 is 28.3 Å². The fourth-order valence-electron chi connectivity index (χ4n) is 0.527. The number of nitrogens with zero attached hydrogens (tertiary/aromatic N) is 2. The largest absolute Gasteiger partial charge is 0.379 e. The van der Waals surface area contributed by atoms with Crippen LogP contribution in [-0.2, 0) is 0 Å². The van der Waals surface area contributed by atoms with E-state index in [1.54, 1.807) is 34.8 Å². The molecule has 0 radical (unpaired) electrons. The number of rotatable bonds is 0. The second-order valence-corrected chi connectivity index (χ2v) is 3.61. The van der Waals surface area contributed by atoms with Gasteiger partial charge in [0.15, 0.2) is 5.17 Å². The molecule has 0 unspecified atom stereocenters. The molecule has 0 amide bonds. The van der Waals surface area contributed by atoms with Gasteiger partial charge in [0.05, 0.1) is 12.1 Å². The standard InChI is InChI=1S/C3H6N2S.C3H3NS/c4-3-5-1-2-6-3;1-2-5-3-4-1/h1-2H2,(H2,4,5);1-3H. The summed E-state index contributed by atoms with van der Waals surface area (Å²) in [6.45, 7) is 0.913. The van der Waals surface area contributed by atoms with Crippen LogP contribution in [-0.4, -0.2) is 22.4 Å². The maximum absolute atomic E-state index is 5.25. The zero-order chi connectivity index (χ0) is 7.94. The van der Waals surface area contributed by atoms with Gasteiger partial charge in [0.25, 0.3) is 0 Å². The van der Waals surface area contributed by atoms with E-state index in [2.05, 4.69) is 9.98 Å². The van der Waals surface area contributed by atoms with E-state index in [1.807, 2.05) is 5.38 Å². The lowest BCUT2D eigenvalue weighted by molar-refractivity contribution is 1.17. The first-order valence-electron chi connectivity index (χ1n) is 3.14. The average Bonchev–Trinajstić information content (AvgIpc) is 2.57. The van der Waals surface area contributed by atoms with Gasteiger partial charge in [0.1, 0.15) is 0 Å². The Bertz CT molecular complexity index is 190. The lowest BCUT2D eigenvalue weighted by atomic mass is 10.8. The molecule has 0 fully saturated rings. The van der Waals surface area contributed by atoms with Crippen molar-refractivity contribution in [1.29, 1.82) is 0 Å². The number of hydrogen-bond donors (Lipinski definition) is 1. The minimum absolute atomic E-state index is 0.745. The van der Waals surface area contributed by atoms with Gasteiger partial charge in [-0.3, -0.25) is 9.98 Å². The van der Waals surface area contributed by atoms with Gasteiger partial charge < -0.3 is 5.73 Å².